The Morgan fingerprint density at radius 2 is 1.97 bits per heavy atom. The van der Waals surface area contributed by atoms with Crippen molar-refractivity contribution in [1.82, 2.24) is 29.6 Å². The first-order valence-electron chi connectivity index (χ1n) is 9.79. The molecule has 0 saturated carbocycles. The molecular formula is C20H24N6O4. The van der Waals surface area contributed by atoms with Gasteiger partial charge >= 0.3 is 12.1 Å². The Balaban J connectivity index is 1.39. The molecule has 1 aliphatic heterocycles. The average Bonchev–Trinajstić information content (AvgIpc) is 3.15. The highest BCUT2D eigenvalue weighted by atomic mass is 16.6. The molecule has 0 aromatic carbocycles. The number of aromatic nitrogens is 5. The number of hydrogen-bond donors (Lipinski definition) is 1. The van der Waals surface area contributed by atoms with Gasteiger partial charge in [-0.3, -0.25) is 9.67 Å². The average molecular weight is 412 g/mol. The second-order valence-electron chi connectivity index (χ2n) is 8.18. The van der Waals surface area contributed by atoms with Crippen molar-refractivity contribution in [3.05, 3.63) is 30.9 Å². The van der Waals surface area contributed by atoms with Gasteiger partial charge in [-0.2, -0.15) is 15.1 Å². The van der Waals surface area contributed by atoms with Crippen molar-refractivity contribution in [2.24, 2.45) is 0 Å². The number of amides is 1. The molecule has 4 heterocycles. The number of pyridine rings is 1. The smallest absolute Gasteiger partial charge is 0.410 e. The third-order valence-electron chi connectivity index (χ3n) is 4.74. The number of carbonyl (C=O) groups excluding carboxylic acids is 1. The summed E-state index contributed by atoms with van der Waals surface area (Å²) >= 11 is 0. The topological polar surface area (TPSA) is 115 Å². The van der Waals surface area contributed by atoms with Crippen LogP contribution in [0.25, 0.3) is 10.9 Å². The molecule has 10 nitrogen and oxygen atoms in total. The van der Waals surface area contributed by atoms with Crippen LogP contribution in [0.3, 0.4) is 0 Å². The first-order valence-corrected chi connectivity index (χ1v) is 9.79. The van der Waals surface area contributed by atoms with Gasteiger partial charge in [-0.15, -0.1) is 0 Å². The van der Waals surface area contributed by atoms with Crippen LogP contribution in [0.5, 0.6) is 17.6 Å². The number of carbonyl (C=O) groups is 1. The van der Waals surface area contributed by atoms with E-state index in [0.29, 0.717) is 29.7 Å². The standard InChI is InChI=1S/C20H24N6O4/c1-20(2,3)30-19(28)25-8-5-13(6-9-25)26-12-14(10-22-26)29-18-23-16-11-21-7-4-15(16)17(27)24-18/h4,7,10-13H,5-6,8-9H2,1-3H3,(H,23,24,27). The number of hydrogen-bond acceptors (Lipinski definition) is 8. The van der Waals surface area contributed by atoms with Crippen molar-refractivity contribution in [3.8, 4) is 17.6 Å². The van der Waals surface area contributed by atoms with Crippen molar-refractivity contribution in [2.45, 2.75) is 45.3 Å². The summed E-state index contributed by atoms with van der Waals surface area (Å²) in [7, 11) is 0. The molecule has 1 fully saturated rings. The van der Waals surface area contributed by atoms with Gasteiger partial charge in [0.2, 0.25) is 5.88 Å². The van der Waals surface area contributed by atoms with Crippen molar-refractivity contribution in [1.29, 1.82) is 0 Å². The van der Waals surface area contributed by atoms with Crippen LogP contribution in [0.15, 0.2) is 30.9 Å². The molecule has 0 aliphatic carbocycles. The monoisotopic (exact) mass is 412 g/mol. The van der Waals surface area contributed by atoms with Crippen molar-refractivity contribution >= 4 is 17.0 Å². The molecule has 4 rings (SSSR count). The van der Waals surface area contributed by atoms with Gasteiger partial charge in [-0.25, -0.2) is 4.79 Å². The van der Waals surface area contributed by atoms with Gasteiger partial charge in [0.05, 0.1) is 35.5 Å². The van der Waals surface area contributed by atoms with E-state index < -0.39 is 5.60 Å². The van der Waals surface area contributed by atoms with E-state index in [9.17, 15) is 9.90 Å². The summed E-state index contributed by atoms with van der Waals surface area (Å²) < 4.78 is 12.9. The van der Waals surface area contributed by atoms with Crippen molar-refractivity contribution < 1.29 is 19.4 Å². The zero-order valence-electron chi connectivity index (χ0n) is 17.1. The minimum Gasteiger partial charge on any atom is -0.493 e. The van der Waals surface area contributed by atoms with E-state index in [0.717, 1.165) is 12.8 Å². The number of piperidine rings is 1. The Bertz CT molecular complexity index is 1050. The lowest BCUT2D eigenvalue weighted by atomic mass is 10.1. The highest BCUT2D eigenvalue weighted by Gasteiger charge is 2.28. The number of rotatable bonds is 3. The first-order chi connectivity index (χ1) is 14.3. The van der Waals surface area contributed by atoms with Crippen LogP contribution in [0.4, 0.5) is 4.79 Å². The zero-order valence-corrected chi connectivity index (χ0v) is 17.1. The van der Waals surface area contributed by atoms with E-state index in [-0.39, 0.29) is 24.0 Å². The number of likely N-dealkylation sites (tertiary alicyclic amines) is 1. The molecule has 1 amide bonds. The predicted molar refractivity (Wildman–Crippen MR) is 107 cm³/mol. The Kier molecular flexibility index (Phi) is 5.15. The summed E-state index contributed by atoms with van der Waals surface area (Å²) in [6.07, 6.45) is 7.68. The minimum absolute atomic E-state index is 0.0206. The summed E-state index contributed by atoms with van der Waals surface area (Å²) in [5.74, 6) is 0.298. The molecule has 1 N–H and O–H groups in total. The first kappa shape index (κ1) is 19.9. The summed E-state index contributed by atoms with van der Waals surface area (Å²) in [6, 6.07) is 1.80. The molecule has 158 valence electrons. The molecular weight excluding hydrogens is 388 g/mol. The van der Waals surface area contributed by atoms with Crippen LogP contribution in [0.1, 0.15) is 39.7 Å². The fourth-order valence-electron chi connectivity index (χ4n) is 3.31. The van der Waals surface area contributed by atoms with Gasteiger partial charge in [-0.1, -0.05) is 0 Å². The molecule has 0 bridgehead atoms. The van der Waals surface area contributed by atoms with Gasteiger partial charge in [0.15, 0.2) is 5.75 Å². The Hall–Kier alpha value is -3.43. The van der Waals surface area contributed by atoms with Crippen LogP contribution in [-0.2, 0) is 4.74 Å². The fraction of sp³-hybridized carbons (Fsp3) is 0.450. The largest absolute Gasteiger partial charge is 0.493 e. The van der Waals surface area contributed by atoms with Crippen LogP contribution >= 0.6 is 0 Å². The van der Waals surface area contributed by atoms with Gasteiger partial charge in [0.1, 0.15) is 5.60 Å². The maximum absolute atomic E-state index is 12.2. The summed E-state index contributed by atoms with van der Waals surface area (Å²) in [5.41, 5.74) is -0.0146. The minimum atomic E-state index is -0.502. The van der Waals surface area contributed by atoms with E-state index in [1.165, 1.54) is 6.20 Å². The van der Waals surface area contributed by atoms with Crippen LogP contribution < -0.4 is 4.74 Å². The van der Waals surface area contributed by atoms with Gasteiger partial charge in [-0.05, 0) is 39.7 Å². The molecule has 3 aromatic rings. The molecule has 0 radical (unpaired) electrons. The lowest BCUT2D eigenvalue weighted by Gasteiger charge is -2.33. The molecule has 1 saturated heterocycles. The number of ether oxygens (including phenoxy) is 2. The fourth-order valence-corrected chi connectivity index (χ4v) is 3.31. The van der Waals surface area contributed by atoms with E-state index >= 15 is 0 Å². The summed E-state index contributed by atoms with van der Waals surface area (Å²) in [4.78, 5) is 26.2. The molecule has 3 aromatic heterocycles. The Morgan fingerprint density at radius 3 is 2.70 bits per heavy atom. The van der Waals surface area contributed by atoms with Crippen molar-refractivity contribution in [2.75, 3.05) is 13.1 Å². The van der Waals surface area contributed by atoms with Crippen LogP contribution in [0, 0.1) is 0 Å². The molecule has 1 aliphatic rings. The van der Waals surface area contributed by atoms with Crippen LogP contribution in [-0.4, -0.2) is 59.5 Å². The second-order valence-corrected chi connectivity index (χ2v) is 8.18. The zero-order chi connectivity index (χ0) is 21.3. The maximum atomic E-state index is 12.2. The van der Waals surface area contributed by atoms with Crippen LogP contribution in [0.2, 0.25) is 0 Å². The third kappa shape index (κ3) is 4.42. The number of aromatic hydroxyl groups is 1. The van der Waals surface area contributed by atoms with Gasteiger partial charge in [0, 0.05) is 19.3 Å². The highest BCUT2D eigenvalue weighted by molar-refractivity contribution is 5.82. The SMILES string of the molecule is CC(C)(C)OC(=O)N1CCC(n2cc(Oc3nc(O)c4ccncc4n3)cn2)CC1. The third-order valence-corrected chi connectivity index (χ3v) is 4.74. The molecule has 0 spiro atoms. The number of fused-ring (bicyclic) bond motifs is 1. The number of nitrogens with zero attached hydrogens (tertiary/aromatic N) is 6. The normalized spacial score (nSPS) is 15.4. The molecule has 30 heavy (non-hydrogen) atoms. The van der Waals surface area contributed by atoms with E-state index in [1.54, 1.807) is 29.6 Å². The predicted octanol–water partition coefficient (Wildman–Crippen LogP) is 3.29. The quantitative estimate of drug-likeness (QED) is 0.697. The highest BCUT2D eigenvalue weighted by Crippen LogP contribution is 2.28. The molecule has 0 unspecified atom stereocenters. The van der Waals surface area contributed by atoms with Gasteiger partial charge in [0.25, 0.3) is 0 Å². The van der Waals surface area contributed by atoms with Crippen molar-refractivity contribution in [3.63, 3.8) is 0 Å². The Labute approximate surface area is 173 Å². The second kappa shape index (κ2) is 7.77. The summed E-state index contributed by atoms with van der Waals surface area (Å²) in [5, 5.41) is 14.9. The van der Waals surface area contributed by atoms with E-state index in [1.807, 2.05) is 25.5 Å². The van der Waals surface area contributed by atoms with Gasteiger partial charge < -0.3 is 19.5 Å². The van der Waals surface area contributed by atoms with E-state index in [2.05, 4.69) is 20.1 Å². The summed E-state index contributed by atoms with van der Waals surface area (Å²) in [6.45, 7) is 6.78. The molecule has 10 heteroatoms. The van der Waals surface area contributed by atoms with E-state index in [4.69, 9.17) is 9.47 Å². The molecule has 0 atom stereocenters. The lowest BCUT2D eigenvalue weighted by molar-refractivity contribution is 0.0184. The lowest BCUT2D eigenvalue weighted by Crippen LogP contribution is -2.42. The maximum Gasteiger partial charge on any atom is 0.410 e. The Morgan fingerprint density at radius 1 is 1.20 bits per heavy atom.